The molecule has 0 heterocycles. The van der Waals surface area contributed by atoms with Gasteiger partial charge in [-0.1, -0.05) is 13.8 Å². The van der Waals surface area contributed by atoms with Crippen LogP contribution in [0.25, 0.3) is 0 Å². The molecule has 0 spiro atoms. The summed E-state index contributed by atoms with van der Waals surface area (Å²) < 4.78 is 0. The smallest absolute Gasteiger partial charge is 0.246 e. The van der Waals surface area contributed by atoms with Crippen molar-refractivity contribution in [2.45, 2.75) is 13.8 Å². The average Bonchev–Trinajstić information content (AvgIpc) is 2.00. The Morgan fingerprint density at radius 2 is 1.82 bits per heavy atom. The van der Waals surface area contributed by atoms with Gasteiger partial charge in [0.1, 0.15) is 0 Å². The summed E-state index contributed by atoms with van der Waals surface area (Å²) in [4.78, 5) is 21.2. The number of hydroxylamine groups is 1. The Labute approximate surface area is 64.5 Å². The van der Waals surface area contributed by atoms with Crippen molar-refractivity contribution in [3.8, 4) is 0 Å². The SMILES string of the molecule is CC(C(N)=O)C(C)C(=O)NO. The van der Waals surface area contributed by atoms with Gasteiger partial charge in [0.15, 0.2) is 0 Å². The van der Waals surface area contributed by atoms with E-state index in [0.717, 1.165) is 0 Å². The molecule has 0 aromatic carbocycles. The van der Waals surface area contributed by atoms with E-state index < -0.39 is 23.7 Å². The largest absolute Gasteiger partial charge is 0.369 e. The van der Waals surface area contributed by atoms with Crippen LogP contribution in [-0.4, -0.2) is 17.0 Å². The van der Waals surface area contributed by atoms with Gasteiger partial charge in [0, 0.05) is 11.8 Å². The number of carbonyl (C=O) groups is 2. The van der Waals surface area contributed by atoms with E-state index in [1.165, 1.54) is 19.3 Å². The molecule has 0 aliphatic carbocycles. The molecule has 0 saturated heterocycles. The topological polar surface area (TPSA) is 92.4 Å². The van der Waals surface area contributed by atoms with Crippen LogP contribution in [0.5, 0.6) is 0 Å². The fourth-order valence-corrected chi connectivity index (χ4v) is 0.575. The van der Waals surface area contributed by atoms with Gasteiger partial charge in [-0.05, 0) is 0 Å². The summed E-state index contributed by atoms with van der Waals surface area (Å²) in [7, 11) is 0. The number of primary amides is 1. The summed E-state index contributed by atoms with van der Waals surface area (Å²) >= 11 is 0. The van der Waals surface area contributed by atoms with Crippen LogP contribution in [0.2, 0.25) is 0 Å². The molecule has 0 aromatic rings. The van der Waals surface area contributed by atoms with E-state index in [1.54, 1.807) is 0 Å². The van der Waals surface area contributed by atoms with E-state index in [2.05, 4.69) is 0 Å². The molecule has 0 aliphatic heterocycles. The number of hydrogen-bond acceptors (Lipinski definition) is 3. The van der Waals surface area contributed by atoms with Crippen molar-refractivity contribution in [3.05, 3.63) is 0 Å². The summed E-state index contributed by atoms with van der Waals surface area (Å²) in [5.41, 5.74) is 6.38. The van der Waals surface area contributed by atoms with Crippen molar-refractivity contribution in [1.82, 2.24) is 5.48 Å². The molecule has 4 N–H and O–H groups in total. The fourth-order valence-electron chi connectivity index (χ4n) is 0.575. The lowest BCUT2D eigenvalue weighted by Gasteiger charge is -2.13. The van der Waals surface area contributed by atoms with Crippen molar-refractivity contribution in [3.63, 3.8) is 0 Å². The predicted octanol–water partition coefficient (Wildman–Crippen LogP) is -0.751. The molecule has 0 radical (unpaired) electrons. The van der Waals surface area contributed by atoms with Crippen molar-refractivity contribution >= 4 is 11.8 Å². The van der Waals surface area contributed by atoms with Crippen LogP contribution < -0.4 is 11.2 Å². The highest BCUT2D eigenvalue weighted by Crippen LogP contribution is 2.09. The number of nitrogens with two attached hydrogens (primary N) is 1. The van der Waals surface area contributed by atoms with Crippen molar-refractivity contribution in [1.29, 1.82) is 0 Å². The van der Waals surface area contributed by atoms with Crippen LogP contribution in [-0.2, 0) is 9.59 Å². The first-order chi connectivity index (χ1) is 5.00. The molecule has 0 aromatic heterocycles. The molecular weight excluding hydrogens is 148 g/mol. The number of carbonyl (C=O) groups excluding carboxylic acids is 2. The summed E-state index contributed by atoms with van der Waals surface area (Å²) in [6, 6.07) is 0. The maximum absolute atomic E-state index is 10.7. The Hall–Kier alpha value is -1.10. The maximum Gasteiger partial charge on any atom is 0.246 e. The fraction of sp³-hybridized carbons (Fsp3) is 0.667. The third kappa shape index (κ3) is 2.55. The predicted molar refractivity (Wildman–Crippen MR) is 37.5 cm³/mol. The summed E-state index contributed by atoms with van der Waals surface area (Å²) in [6.45, 7) is 3.04. The zero-order valence-corrected chi connectivity index (χ0v) is 6.50. The molecule has 0 rings (SSSR count). The Morgan fingerprint density at radius 1 is 1.36 bits per heavy atom. The Balaban J connectivity index is 4.12. The normalized spacial score (nSPS) is 15.2. The van der Waals surface area contributed by atoms with Crippen LogP contribution in [0.1, 0.15) is 13.8 Å². The lowest BCUT2D eigenvalue weighted by molar-refractivity contribution is -0.138. The van der Waals surface area contributed by atoms with Gasteiger partial charge < -0.3 is 5.73 Å². The number of nitrogens with one attached hydrogen (secondary N) is 1. The number of hydrogen-bond donors (Lipinski definition) is 3. The van der Waals surface area contributed by atoms with E-state index in [4.69, 9.17) is 10.9 Å². The van der Waals surface area contributed by atoms with Crippen LogP contribution in [0.15, 0.2) is 0 Å². The highest BCUT2D eigenvalue weighted by atomic mass is 16.5. The lowest BCUT2D eigenvalue weighted by atomic mass is 9.95. The molecule has 2 amide bonds. The second-order valence-corrected chi connectivity index (χ2v) is 2.46. The Morgan fingerprint density at radius 3 is 2.09 bits per heavy atom. The molecule has 5 nitrogen and oxygen atoms in total. The van der Waals surface area contributed by atoms with Gasteiger partial charge in [0.25, 0.3) is 0 Å². The van der Waals surface area contributed by atoms with E-state index in [0.29, 0.717) is 0 Å². The van der Waals surface area contributed by atoms with E-state index in [-0.39, 0.29) is 0 Å². The molecule has 0 fully saturated rings. The van der Waals surface area contributed by atoms with Gasteiger partial charge in [-0.2, -0.15) is 0 Å². The standard InChI is InChI=1S/C6H12N2O3/c1-3(5(7)9)4(2)6(10)8-11/h3-4,11H,1-2H3,(H2,7,9)(H,8,10). The van der Waals surface area contributed by atoms with E-state index in [1.807, 2.05) is 0 Å². The summed E-state index contributed by atoms with van der Waals surface area (Å²) in [5.74, 6) is -2.32. The van der Waals surface area contributed by atoms with Gasteiger partial charge in [-0.15, -0.1) is 0 Å². The molecule has 2 atom stereocenters. The third-order valence-corrected chi connectivity index (χ3v) is 1.72. The van der Waals surface area contributed by atoms with E-state index in [9.17, 15) is 9.59 Å². The van der Waals surface area contributed by atoms with Crippen LogP contribution >= 0.6 is 0 Å². The van der Waals surface area contributed by atoms with Crippen molar-refractivity contribution < 1.29 is 14.8 Å². The lowest BCUT2D eigenvalue weighted by Crippen LogP contribution is -2.36. The first-order valence-electron chi connectivity index (χ1n) is 3.24. The van der Waals surface area contributed by atoms with Gasteiger partial charge in [-0.3, -0.25) is 14.8 Å². The van der Waals surface area contributed by atoms with Gasteiger partial charge >= 0.3 is 0 Å². The number of rotatable bonds is 3. The maximum atomic E-state index is 10.7. The Kier molecular flexibility index (Phi) is 3.53. The van der Waals surface area contributed by atoms with Gasteiger partial charge in [0.2, 0.25) is 11.8 Å². The monoisotopic (exact) mass is 160 g/mol. The quantitative estimate of drug-likeness (QED) is 0.374. The van der Waals surface area contributed by atoms with Crippen LogP contribution in [0.4, 0.5) is 0 Å². The first-order valence-corrected chi connectivity index (χ1v) is 3.24. The molecule has 5 heteroatoms. The summed E-state index contributed by atoms with van der Waals surface area (Å²) in [6.07, 6.45) is 0. The molecule has 0 saturated carbocycles. The highest BCUT2D eigenvalue weighted by molar-refractivity contribution is 5.85. The second kappa shape index (κ2) is 3.92. The third-order valence-electron chi connectivity index (χ3n) is 1.72. The van der Waals surface area contributed by atoms with Gasteiger partial charge in [0.05, 0.1) is 0 Å². The molecule has 0 aliphatic rings. The minimum absolute atomic E-state index is 0.555. The van der Waals surface area contributed by atoms with Gasteiger partial charge in [-0.25, -0.2) is 5.48 Å². The molecule has 0 bridgehead atoms. The minimum Gasteiger partial charge on any atom is -0.369 e. The molecule has 11 heavy (non-hydrogen) atoms. The zero-order chi connectivity index (χ0) is 9.02. The molecular formula is C6H12N2O3. The molecule has 64 valence electrons. The van der Waals surface area contributed by atoms with E-state index >= 15 is 0 Å². The molecule has 2 unspecified atom stereocenters. The Bertz CT molecular complexity index is 169. The van der Waals surface area contributed by atoms with Crippen LogP contribution in [0.3, 0.4) is 0 Å². The summed E-state index contributed by atoms with van der Waals surface area (Å²) in [5, 5.41) is 8.18. The van der Waals surface area contributed by atoms with Crippen molar-refractivity contribution in [2.24, 2.45) is 17.6 Å². The minimum atomic E-state index is -0.601. The zero-order valence-electron chi connectivity index (χ0n) is 6.50. The number of amides is 2. The first kappa shape index (κ1) is 9.90. The average molecular weight is 160 g/mol. The second-order valence-electron chi connectivity index (χ2n) is 2.46. The highest BCUT2D eigenvalue weighted by Gasteiger charge is 2.23. The van der Waals surface area contributed by atoms with Crippen LogP contribution in [0, 0.1) is 11.8 Å². The van der Waals surface area contributed by atoms with Crippen molar-refractivity contribution in [2.75, 3.05) is 0 Å².